The molecule has 0 saturated heterocycles. The van der Waals surface area contributed by atoms with Gasteiger partial charge in [-0.3, -0.25) is 15.1 Å². The van der Waals surface area contributed by atoms with E-state index in [0.717, 1.165) is 5.56 Å². The molecule has 1 rings (SSSR count). The van der Waals surface area contributed by atoms with Crippen LogP contribution in [0.4, 0.5) is 0 Å². The van der Waals surface area contributed by atoms with Crippen molar-refractivity contribution in [1.82, 2.24) is 15.6 Å². The van der Waals surface area contributed by atoms with Crippen LogP contribution in [-0.2, 0) is 4.79 Å². The Morgan fingerprint density at radius 2 is 1.93 bits per heavy atom. The second-order valence-corrected chi connectivity index (χ2v) is 3.50. The maximum atomic E-state index is 11.3. The second-order valence-electron chi connectivity index (χ2n) is 3.50. The quantitative estimate of drug-likeness (QED) is 0.770. The van der Waals surface area contributed by atoms with Crippen LogP contribution in [0.15, 0.2) is 24.5 Å². The Labute approximate surface area is 90.1 Å². The predicted octanol–water partition coefficient (Wildman–Crippen LogP) is 0.867. The first-order valence-electron chi connectivity index (χ1n) is 5.02. The van der Waals surface area contributed by atoms with E-state index in [4.69, 9.17) is 0 Å². The van der Waals surface area contributed by atoms with Gasteiger partial charge in [0.2, 0.25) is 5.91 Å². The lowest BCUT2D eigenvalue weighted by molar-refractivity contribution is -0.122. The maximum absolute atomic E-state index is 11.3. The molecule has 0 radical (unpaired) electrons. The van der Waals surface area contributed by atoms with Gasteiger partial charge in [-0.15, -0.1) is 0 Å². The summed E-state index contributed by atoms with van der Waals surface area (Å²) in [4.78, 5) is 15.2. The van der Waals surface area contributed by atoms with Crippen molar-refractivity contribution in [3.63, 3.8) is 0 Å². The molecule has 1 aromatic heterocycles. The molecule has 1 amide bonds. The molecule has 4 nitrogen and oxygen atoms in total. The summed E-state index contributed by atoms with van der Waals surface area (Å²) in [5.41, 5.74) is 1.13. The van der Waals surface area contributed by atoms with Gasteiger partial charge in [-0.05, 0) is 31.5 Å². The summed E-state index contributed by atoms with van der Waals surface area (Å²) in [7, 11) is 1.64. The van der Waals surface area contributed by atoms with Gasteiger partial charge >= 0.3 is 0 Å². The molecule has 0 saturated carbocycles. The molecule has 0 bridgehead atoms. The summed E-state index contributed by atoms with van der Waals surface area (Å²) >= 11 is 0. The van der Waals surface area contributed by atoms with Crippen molar-refractivity contribution in [2.45, 2.75) is 25.9 Å². The van der Waals surface area contributed by atoms with Gasteiger partial charge in [-0.2, -0.15) is 0 Å². The molecule has 15 heavy (non-hydrogen) atoms. The third-order valence-electron chi connectivity index (χ3n) is 2.35. The predicted molar refractivity (Wildman–Crippen MR) is 59.3 cm³/mol. The molecule has 0 aliphatic rings. The number of aromatic nitrogens is 1. The van der Waals surface area contributed by atoms with Crippen LogP contribution in [0.2, 0.25) is 0 Å². The Morgan fingerprint density at radius 1 is 1.33 bits per heavy atom. The zero-order chi connectivity index (χ0) is 11.3. The van der Waals surface area contributed by atoms with Crippen molar-refractivity contribution in [2.24, 2.45) is 0 Å². The van der Waals surface area contributed by atoms with E-state index in [-0.39, 0.29) is 18.0 Å². The van der Waals surface area contributed by atoms with E-state index in [1.54, 1.807) is 19.4 Å². The molecule has 0 aliphatic carbocycles. The summed E-state index contributed by atoms with van der Waals surface area (Å²) in [6.45, 7) is 3.87. The van der Waals surface area contributed by atoms with Crippen molar-refractivity contribution in [3.8, 4) is 0 Å². The number of carbonyl (C=O) groups excluding carboxylic acids is 1. The number of nitrogens with zero attached hydrogens (tertiary/aromatic N) is 1. The fourth-order valence-corrected chi connectivity index (χ4v) is 1.42. The van der Waals surface area contributed by atoms with E-state index in [2.05, 4.69) is 15.6 Å². The van der Waals surface area contributed by atoms with Crippen molar-refractivity contribution < 1.29 is 4.79 Å². The van der Waals surface area contributed by atoms with E-state index in [1.165, 1.54) is 0 Å². The van der Waals surface area contributed by atoms with Crippen LogP contribution >= 0.6 is 0 Å². The van der Waals surface area contributed by atoms with Gasteiger partial charge in [0.05, 0.1) is 6.04 Å². The number of amides is 1. The third kappa shape index (κ3) is 3.32. The van der Waals surface area contributed by atoms with Gasteiger partial charge in [0.1, 0.15) is 0 Å². The second kappa shape index (κ2) is 5.46. The maximum Gasteiger partial charge on any atom is 0.236 e. The first-order chi connectivity index (χ1) is 7.15. The Kier molecular flexibility index (Phi) is 4.24. The molecule has 1 aromatic rings. The highest BCUT2D eigenvalue weighted by Gasteiger charge is 2.14. The van der Waals surface area contributed by atoms with Crippen LogP contribution in [0.1, 0.15) is 25.5 Å². The molecular weight excluding hydrogens is 190 g/mol. The molecule has 0 fully saturated rings. The van der Waals surface area contributed by atoms with Crippen molar-refractivity contribution in [3.05, 3.63) is 30.1 Å². The lowest BCUT2D eigenvalue weighted by Gasteiger charge is -2.18. The zero-order valence-electron chi connectivity index (χ0n) is 9.32. The first kappa shape index (κ1) is 11.7. The molecule has 0 aromatic carbocycles. The van der Waals surface area contributed by atoms with Gasteiger partial charge in [0.25, 0.3) is 0 Å². The van der Waals surface area contributed by atoms with E-state index < -0.39 is 0 Å². The highest BCUT2D eigenvalue weighted by atomic mass is 16.2. The summed E-state index contributed by atoms with van der Waals surface area (Å²) < 4.78 is 0. The van der Waals surface area contributed by atoms with Crippen molar-refractivity contribution in [1.29, 1.82) is 0 Å². The van der Waals surface area contributed by atoms with Gasteiger partial charge in [0, 0.05) is 25.5 Å². The van der Waals surface area contributed by atoms with Gasteiger partial charge < -0.3 is 5.32 Å². The molecular formula is C11H17N3O. The molecule has 4 heteroatoms. The van der Waals surface area contributed by atoms with E-state index in [9.17, 15) is 4.79 Å². The van der Waals surface area contributed by atoms with Crippen LogP contribution in [0.25, 0.3) is 0 Å². The third-order valence-corrected chi connectivity index (χ3v) is 2.35. The minimum atomic E-state index is -0.196. The van der Waals surface area contributed by atoms with Crippen LogP contribution < -0.4 is 10.6 Å². The molecule has 2 N–H and O–H groups in total. The molecule has 1 unspecified atom stereocenters. The van der Waals surface area contributed by atoms with Gasteiger partial charge in [-0.25, -0.2) is 0 Å². The highest BCUT2D eigenvalue weighted by Crippen LogP contribution is 2.10. The minimum Gasteiger partial charge on any atom is -0.358 e. The lowest BCUT2D eigenvalue weighted by Crippen LogP contribution is -2.41. The number of carbonyl (C=O) groups is 1. The monoisotopic (exact) mass is 207 g/mol. The van der Waals surface area contributed by atoms with E-state index >= 15 is 0 Å². The zero-order valence-corrected chi connectivity index (χ0v) is 9.32. The van der Waals surface area contributed by atoms with Crippen LogP contribution in [-0.4, -0.2) is 24.0 Å². The number of rotatable bonds is 4. The van der Waals surface area contributed by atoms with Gasteiger partial charge in [-0.1, -0.05) is 0 Å². The summed E-state index contributed by atoms with van der Waals surface area (Å²) in [5.74, 6) is -0.00379. The smallest absolute Gasteiger partial charge is 0.236 e. The Morgan fingerprint density at radius 3 is 2.47 bits per heavy atom. The fraction of sp³-hybridized carbons (Fsp3) is 0.455. The average molecular weight is 207 g/mol. The van der Waals surface area contributed by atoms with Crippen LogP contribution in [0.5, 0.6) is 0 Å². The number of nitrogens with one attached hydrogen (secondary N) is 2. The van der Waals surface area contributed by atoms with E-state index in [0.29, 0.717) is 0 Å². The number of hydrogen-bond donors (Lipinski definition) is 2. The molecule has 2 atom stereocenters. The van der Waals surface area contributed by atoms with Gasteiger partial charge in [0.15, 0.2) is 0 Å². The molecule has 0 aliphatic heterocycles. The molecule has 1 heterocycles. The SMILES string of the molecule is CNC(=O)C(C)N[C@H](C)c1ccncc1. The van der Waals surface area contributed by atoms with Crippen molar-refractivity contribution in [2.75, 3.05) is 7.05 Å². The highest BCUT2D eigenvalue weighted by molar-refractivity contribution is 5.80. The number of likely N-dealkylation sites (N-methyl/N-ethyl adjacent to an activating group) is 1. The number of hydrogen-bond acceptors (Lipinski definition) is 3. The number of pyridine rings is 1. The Hall–Kier alpha value is -1.42. The average Bonchev–Trinajstić information content (AvgIpc) is 2.29. The minimum absolute atomic E-state index is 0.00379. The summed E-state index contributed by atoms with van der Waals surface area (Å²) in [6.07, 6.45) is 3.50. The summed E-state index contributed by atoms with van der Waals surface area (Å²) in [5, 5.41) is 5.81. The van der Waals surface area contributed by atoms with Crippen LogP contribution in [0, 0.1) is 0 Å². The topological polar surface area (TPSA) is 54.0 Å². The van der Waals surface area contributed by atoms with Crippen molar-refractivity contribution >= 4 is 5.91 Å². The Balaban J connectivity index is 2.56. The molecule has 0 spiro atoms. The fourth-order valence-electron chi connectivity index (χ4n) is 1.42. The summed E-state index contributed by atoms with van der Waals surface area (Å²) in [6, 6.07) is 3.82. The standard InChI is InChI=1S/C11H17N3O/c1-8(10-4-6-13-7-5-10)14-9(2)11(15)12-3/h4-9,14H,1-3H3,(H,12,15)/t8-,9?/m1/s1. The Bertz CT molecular complexity index is 313. The van der Waals surface area contributed by atoms with E-state index in [1.807, 2.05) is 26.0 Å². The lowest BCUT2D eigenvalue weighted by atomic mass is 10.1. The largest absolute Gasteiger partial charge is 0.358 e. The normalized spacial score (nSPS) is 14.3. The molecule has 82 valence electrons. The van der Waals surface area contributed by atoms with Crippen LogP contribution in [0.3, 0.4) is 0 Å². The first-order valence-corrected chi connectivity index (χ1v) is 5.02.